The zero-order valence-corrected chi connectivity index (χ0v) is 15.1. The lowest BCUT2D eigenvalue weighted by Gasteiger charge is -2.48. The summed E-state index contributed by atoms with van der Waals surface area (Å²) in [5.41, 5.74) is 2.03. The van der Waals surface area contributed by atoms with Crippen molar-refractivity contribution in [3.63, 3.8) is 0 Å². The van der Waals surface area contributed by atoms with Crippen LogP contribution in [-0.2, 0) is 11.3 Å². The van der Waals surface area contributed by atoms with Gasteiger partial charge < -0.3 is 14.5 Å². The molecule has 0 saturated carbocycles. The summed E-state index contributed by atoms with van der Waals surface area (Å²) < 4.78 is 6.31. The molecule has 4 heterocycles. The van der Waals surface area contributed by atoms with E-state index in [1.54, 1.807) is 0 Å². The fourth-order valence-corrected chi connectivity index (χ4v) is 5.46. The molecular formula is C18H25N3O2S. The molecule has 3 fully saturated rings. The van der Waals surface area contributed by atoms with Crippen LogP contribution in [0.25, 0.3) is 0 Å². The lowest BCUT2D eigenvalue weighted by Crippen LogP contribution is -2.63. The van der Waals surface area contributed by atoms with Gasteiger partial charge in [0.05, 0.1) is 23.2 Å². The highest BCUT2D eigenvalue weighted by atomic mass is 32.2. The fourth-order valence-electron chi connectivity index (χ4n) is 3.91. The van der Waals surface area contributed by atoms with Gasteiger partial charge in [-0.3, -0.25) is 4.98 Å². The third-order valence-corrected chi connectivity index (χ3v) is 6.77. The molecule has 0 radical (unpaired) electrons. The minimum Gasteiger partial charge on any atom is -0.371 e. The van der Waals surface area contributed by atoms with Gasteiger partial charge in [-0.15, -0.1) is 11.8 Å². The second-order valence-electron chi connectivity index (χ2n) is 7.23. The molecule has 0 aliphatic carbocycles. The number of thioether (sulfide) groups is 1. The van der Waals surface area contributed by atoms with E-state index in [0.29, 0.717) is 6.61 Å². The second kappa shape index (κ2) is 6.56. The smallest absolute Gasteiger partial charge is 0.320 e. The lowest BCUT2D eigenvalue weighted by atomic mass is 9.93. The van der Waals surface area contributed by atoms with Gasteiger partial charge in [0.1, 0.15) is 0 Å². The largest absolute Gasteiger partial charge is 0.371 e. The van der Waals surface area contributed by atoms with Crippen molar-refractivity contribution in [1.29, 1.82) is 0 Å². The molecule has 3 aliphatic rings. The quantitative estimate of drug-likeness (QED) is 0.843. The molecule has 0 unspecified atom stereocenters. The van der Waals surface area contributed by atoms with Gasteiger partial charge in [0.15, 0.2) is 0 Å². The third-order valence-electron chi connectivity index (χ3n) is 5.19. The van der Waals surface area contributed by atoms with E-state index in [2.05, 4.69) is 4.98 Å². The van der Waals surface area contributed by atoms with Crippen molar-refractivity contribution in [1.82, 2.24) is 14.8 Å². The van der Waals surface area contributed by atoms with Crippen molar-refractivity contribution in [3.05, 3.63) is 29.6 Å². The van der Waals surface area contributed by atoms with Crippen LogP contribution in [0.3, 0.4) is 0 Å². The number of aromatic nitrogens is 1. The van der Waals surface area contributed by atoms with E-state index in [1.165, 1.54) is 0 Å². The van der Waals surface area contributed by atoms with E-state index in [1.807, 2.05) is 46.7 Å². The van der Waals surface area contributed by atoms with Crippen LogP contribution in [0.15, 0.2) is 18.2 Å². The van der Waals surface area contributed by atoms with E-state index in [0.717, 1.165) is 62.6 Å². The number of carbonyl (C=O) groups is 1. The van der Waals surface area contributed by atoms with Crippen molar-refractivity contribution in [3.8, 4) is 0 Å². The molecule has 1 spiro atoms. The van der Waals surface area contributed by atoms with Crippen molar-refractivity contribution in [2.45, 2.75) is 43.6 Å². The Hall–Kier alpha value is -1.27. The number of rotatable bonds is 3. The number of aryl methyl sites for hydroxylation is 1. The Morgan fingerprint density at radius 3 is 2.88 bits per heavy atom. The molecular weight excluding hydrogens is 322 g/mol. The van der Waals surface area contributed by atoms with Gasteiger partial charge in [0.25, 0.3) is 0 Å². The number of hydrogen-bond acceptors (Lipinski definition) is 4. The van der Waals surface area contributed by atoms with Gasteiger partial charge in [-0.05, 0) is 38.3 Å². The van der Waals surface area contributed by atoms with Crippen LogP contribution in [0.2, 0.25) is 0 Å². The Labute approximate surface area is 147 Å². The highest BCUT2D eigenvalue weighted by molar-refractivity contribution is 8.01. The molecule has 24 heavy (non-hydrogen) atoms. The van der Waals surface area contributed by atoms with Crippen LogP contribution < -0.4 is 0 Å². The maximum Gasteiger partial charge on any atom is 0.320 e. The van der Waals surface area contributed by atoms with E-state index >= 15 is 0 Å². The lowest BCUT2D eigenvalue weighted by molar-refractivity contribution is 0.0304. The van der Waals surface area contributed by atoms with Crippen LogP contribution in [-0.4, -0.2) is 63.6 Å². The summed E-state index contributed by atoms with van der Waals surface area (Å²) in [7, 11) is 0. The fraction of sp³-hybridized carbons (Fsp3) is 0.667. The molecule has 1 aromatic heterocycles. The number of likely N-dealkylation sites (tertiary alicyclic amines) is 2. The zero-order valence-electron chi connectivity index (χ0n) is 14.2. The molecule has 3 saturated heterocycles. The first-order chi connectivity index (χ1) is 11.6. The normalized spacial score (nSPS) is 25.3. The number of amides is 2. The van der Waals surface area contributed by atoms with Crippen molar-refractivity contribution in [2.24, 2.45) is 0 Å². The van der Waals surface area contributed by atoms with E-state index in [9.17, 15) is 4.79 Å². The summed E-state index contributed by atoms with van der Waals surface area (Å²) in [6.45, 7) is 6.23. The van der Waals surface area contributed by atoms with Gasteiger partial charge in [-0.2, -0.15) is 0 Å². The first kappa shape index (κ1) is 16.2. The number of urea groups is 1. The Morgan fingerprint density at radius 2 is 2.12 bits per heavy atom. The van der Waals surface area contributed by atoms with Crippen LogP contribution in [0.5, 0.6) is 0 Å². The standard InChI is InChI=1S/C18H25N3O2S/c1-14-5-4-6-15(19-14)10-23-16-9-18(24-11-16)12-21(13-18)17(22)20-7-2-3-8-20/h4-6,16H,2-3,7-13H2,1H3/t16-/m0/s1. The number of pyridine rings is 1. The third kappa shape index (κ3) is 3.26. The first-order valence-electron chi connectivity index (χ1n) is 8.86. The Morgan fingerprint density at radius 1 is 1.33 bits per heavy atom. The molecule has 0 bridgehead atoms. The van der Waals surface area contributed by atoms with Crippen LogP contribution in [0.4, 0.5) is 4.79 Å². The molecule has 6 heteroatoms. The summed E-state index contributed by atoms with van der Waals surface area (Å²) in [6.07, 6.45) is 3.64. The summed E-state index contributed by atoms with van der Waals surface area (Å²) in [5.74, 6) is 1.03. The molecule has 1 aromatic rings. The highest BCUT2D eigenvalue weighted by Crippen LogP contribution is 2.46. The topological polar surface area (TPSA) is 45.7 Å². The SMILES string of the molecule is Cc1cccc(CO[C@@H]2CSC3(C2)CN(C(=O)N2CCCC2)C3)n1. The van der Waals surface area contributed by atoms with Crippen molar-refractivity contribution >= 4 is 17.8 Å². The van der Waals surface area contributed by atoms with E-state index < -0.39 is 0 Å². The van der Waals surface area contributed by atoms with E-state index in [-0.39, 0.29) is 16.9 Å². The number of nitrogens with zero attached hydrogens (tertiary/aromatic N) is 3. The minimum absolute atomic E-state index is 0.236. The van der Waals surface area contributed by atoms with Gasteiger partial charge in [0, 0.05) is 37.6 Å². The van der Waals surface area contributed by atoms with Crippen LogP contribution >= 0.6 is 11.8 Å². The molecule has 130 valence electrons. The molecule has 0 aromatic carbocycles. The molecule has 1 atom stereocenters. The predicted molar refractivity (Wildman–Crippen MR) is 95.1 cm³/mol. The molecule has 5 nitrogen and oxygen atoms in total. The number of hydrogen-bond donors (Lipinski definition) is 0. The van der Waals surface area contributed by atoms with Crippen LogP contribution in [0.1, 0.15) is 30.7 Å². The monoisotopic (exact) mass is 347 g/mol. The van der Waals surface area contributed by atoms with Gasteiger partial charge in [-0.25, -0.2) is 4.79 Å². The second-order valence-corrected chi connectivity index (χ2v) is 8.72. The van der Waals surface area contributed by atoms with Crippen molar-refractivity contribution < 1.29 is 9.53 Å². The summed E-state index contributed by atoms with van der Waals surface area (Å²) >= 11 is 1.98. The summed E-state index contributed by atoms with van der Waals surface area (Å²) in [6, 6.07) is 6.29. The van der Waals surface area contributed by atoms with Crippen molar-refractivity contribution in [2.75, 3.05) is 31.9 Å². The average molecular weight is 347 g/mol. The summed E-state index contributed by atoms with van der Waals surface area (Å²) in [5, 5.41) is 0. The number of ether oxygens (including phenoxy) is 1. The van der Waals surface area contributed by atoms with Gasteiger partial charge in [-0.1, -0.05) is 6.07 Å². The Kier molecular flexibility index (Phi) is 4.43. The molecule has 0 N–H and O–H groups in total. The van der Waals surface area contributed by atoms with Crippen LogP contribution in [0, 0.1) is 6.92 Å². The molecule has 3 aliphatic heterocycles. The Balaban J connectivity index is 1.24. The van der Waals surface area contributed by atoms with E-state index in [4.69, 9.17) is 4.74 Å². The maximum absolute atomic E-state index is 12.4. The zero-order chi connectivity index (χ0) is 16.6. The molecule has 2 amide bonds. The average Bonchev–Trinajstić information content (AvgIpc) is 3.21. The first-order valence-corrected chi connectivity index (χ1v) is 9.84. The molecule has 4 rings (SSSR count). The number of carbonyl (C=O) groups excluding carboxylic acids is 1. The highest BCUT2D eigenvalue weighted by Gasteiger charge is 2.51. The minimum atomic E-state index is 0.236. The predicted octanol–water partition coefficient (Wildman–Crippen LogP) is 2.68. The van der Waals surface area contributed by atoms with Gasteiger partial charge >= 0.3 is 6.03 Å². The Bertz CT molecular complexity index is 612. The maximum atomic E-state index is 12.4. The summed E-state index contributed by atoms with van der Waals surface area (Å²) in [4.78, 5) is 20.9. The van der Waals surface area contributed by atoms with Gasteiger partial charge in [0.2, 0.25) is 0 Å².